The molecule has 90 valence electrons. The highest BCUT2D eigenvalue weighted by Gasteiger charge is 2.35. The maximum Gasteiger partial charge on any atom is 0.416 e. The van der Waals surface area contributed by atoms with Gasteiger partial charge in [-0.1, -0.05) is 0 Å². The molecule has 1 rings (SSSR count). The first-order valence-electron chi connectivity index (χ1n) is 4.21. The lowest BCUT2D eigenvalue weighted by atomic mass is 10.1. The summed E-state index contributed by atoms with van der Waals surface area (Å²) in [7, 11) is 0. The van der Waals surface area contributed by atoms with E-state index in [4.69, 9.17) is 0 Å². The Bertz CT molecular complexity index is 519. The van der Waals surface area contributed by atoms with Gasteiger partial charge in [-0.2, -0.15) is 18.2 Å². The van der Waals surface area contributed by atoms with Crippen LogP contribution in [0.3, 0.4) is 0 Å². The first-order chi connectivity index (χ1) is 7.77. The molecule has 0 amide bonds. The van der Waals surface area contributed by atoms with E-state index in [2.05, 4.69) is 4.99 Å². The highest BCUT2D eigenvalue weighted by atomic mass is 19.4. The van der Waals surface area contributed by atoms with E-state index in [9.17, 15) is 28.1 Å². The second-order valence-electron chi connectivity index (χ2n) is 3.11. The lowest BCUT2D eigenvalue weighted by Crippen LogP contribution is -2.08. The van der Waals surface area contributed by atoms with Gasteiger partial charge in [-0.25, -0.2) is 4.79 Å². The Morgan fingerprint density at radius 2 is 2.00 bits per heavy atom. The van der Waals surface area contributed by atoms with E-state index in [-0.39, 0.29) is 5.56 Å². The first kappa shape index (κ1) is 12.9. The average molecular weight is 246 g/mol. The number of hydrogen-bond acceptors (Lipinski definition) is 4. The van der Waals surface area contributed by atoms with Crippen LogP contribution in [-0.4, -0.2) is 11.0 Å². The van der Waals surface area contributed by atoms with E-state index in [1.54, 1.807) is 0 Å². The molecule has 0 saturated heterocycles. The zero-order chi connectivity index (χ0) is 13.2. The van der Waals surface area contributed by atoms with Crippen molar-refractivity contribution in [2.24, 2.45) is 4.99 Å². The van der Waals surface area contributed by atoms with Crippen molar-refractivity contribution in [1.82, 2.24) is 0 Å². The third-order valence-electron chi connectivity index (χ3n) is 1.99. The van der Waals surface area contributed by atoms with Crippen LogP contribution in [0.25, 0.3) is 0 Å². The molecule has 0 heterocycles. The van der Waals surface area contributed by atoms with Gasteiger partial charge in [0.15, 0.2) is 5.69 Å². The number of benzene rings is 1. The first-order valence-corrected chi connectivity index (χ1v) is 4.21. The summed E-state index contributed by atoms with van der Waals surface area (Å²) in [6, 6.07) is 1.18. The fourth-order valence-corrected chi connectivity index (χ4v) is 1.27. The molecule has 0 aliphatic rings. The maximum absolute atomic E-state index is 12.5. The molecule has 0 unspecified atom stereocenters. The van der Waals surface area contributed by atoms with Crippen LogP contribution in [0.1, 0.15) is 11.1 Å². The Labute approximate surface area is 92.7 Å². The fraction of sp³-hybridized carbons (Fsp3) is 0.222. The minimum atomic E-state index is -4.70. The van der Waals surface area contributed by atoms with Crippen molar-refractivity contribution >= 4 is 17.5 Å². The minimum absolute atomic E-state index is 0.253. The molecule has 0 radical (unpaired) electrons. The smallest absolute Gasteiger partial charge is 0.258 e. The summed E-state index contributed by atoms with van der Waals surface area (Å²) < 4.78 is 37.4. The van der Waals surface area contributed by atoms with Gasteiger partial charge in [-0.15, -0.1) is 0 Å². The van der Waals surface area contributed by atoms with E-state index in [0.29, 0.717) is 6.07 Å². The maximum atomic E-state index is 12.5. The minimum Gasteiger partial charge on any atom is -0.258 e. The van der Waals surface area contributed by atoms with Crippen LogP contribution in [0.5, 0.6) is 0 Å². The number of carbonyl (C=O) groups excluding carboxylic acids is 1. The summed E-state index contributed by atoms with van der Waals surface area (Å²) in [5.41, 5.74) is -2.71. The van der Waals surface area contributed by atoms with Crippen molar-refractivity contribution in [1.29, 1.82) is 0 Å². The molecular weight excluding hydrogens is 241 g/mol. The van der Waals surface area contributed by atoms with Gasteiger partial charge in [-0.05, 0) is 18.6 Å². The summed E-state index contributed by atoms with van der Waals surface area (Å²) in [6.45, 7) is 1.12. The van der Waals surface area contributed by atoms with Crippen molar-refractivity contribution in [2.75, 3.05) is 0 Å². The fourth-order valence-electron chi connectivity index (χ4n) is 1.27. The van der Waals surface area contributed by atoms with Crippen LogP contribution >= 0.6 is 0 Å². The number of rotatable bonds is 2. The number of nitrogens with zero attached hydrogens (tertiary/aromatic N) is 2. The number of nitro groups is 1. The molecule has 0 fully saturated rings. The number of halogens is 3. The molecule has 0 aliphatic carbocycles. The second kappa shape index (κ2) is 4.34. The van der Waals surface area contributed by atoms with Gasteiger partial charge >= 0.3 is 6.18 Å². The molecule has 0 saturated carbocycles. The number of isocyanates is 1. The van der Waals surface area contributed by atoms with E-state index >= 15 is 0 Å². The summed E-state index contributed by atoms with van der Waals surface area (Å²) in [5.74, 6) is 0. The SMILES string of the molecule is Cc1cc(N=C=O)c([N+](=O)[O-])cc1C(F)(F)F. The topological polar surface area (TPSA) is 72.6 Å². The Morgan fingerprint density at radius 1 is 1.41 bits per heavy atom. The van der Waals surface area contributed by atoms with Crippen molar-refractivity contribution in [3.63, 3.8) is 0 Å². The molecule has 8 heteroatoms. The van der Waals surface area contributed by atoms with Crippen LogP contribution in [0.4, 0.5) is 24.5 Å². The number of alkyl halides is 3. The molecule has 5 nitrogen and oxygen atoms in total. The van der Waals surface area contributed by atoms with Gasteiger partial charge in [-0.3, -0.25) is 10.1 Å². The van der Waals surface area contributed by atoms with Gasteiger partial charge < -0.3 is 0 Å². The van der Waals surface area contributed by atoms with Crippen LogP contribution in [-0.2, 0) is 11.0 Å². The van der Waals surface area contributed by atoms with Gasteiger partial charge in [0.25, 0.3) is 5.69 Å². The normalized spacial score (nSPS) is 10.8. The molecule has 1 aromatic carbocycles. The van der Waals surface area contributed by atoms with E-state index < -0.39 is 28.0 Å². The van der Waals surface area contributed by atoms with Crippen molar-refractivity contribution in [3.05, 3.63) is 33.4 Å². The van der Waals surface area contributed by atoms with Crippen LogP contribution in [0, 0.1) is 17.0 Å². The molecule has 0 aromatic heterocycles. The monoisotopic (exact) mass is 246 g/mol. The molecule has 0 spiro atoms. The molecule has 0 N–H and O–H groups in total. The lowest BCUT2D eigenvalue weighted by molar-refractivity contribution is -0.384. The third-order valence-corrected chi connectivity index (χ3v) is 1.99. The van der Waals surface area contributed by atoms with Crippen molar-refractivity contribution in [3.8, 4) is 0 Å². The summed E-state index contributed by atoms with van der Waals surface area (Å²) in [5, 5.41) is 10.5. The summed E-state index contributed by atoms with van der Waals surface area (Å²) in [4.78, 5) is 22.5. The Kier molecular flexibility index (Phi) is 3.28. The number of aliphatic imine (C=N–C) groups is 1. The Hall–Kier alpha value is -2.21. The van der Waals surface area contributed by atoms with Crippen molar-refractivity contribution < 1.29 is 22.9 Å². The van der Waals surface area contributed by atoms with Crippen LogP contribution in [0.15, 0.2) is 17.1 Å². The van der Waals surface area contributed by atoms with Gasteiger partial charge in [0.1, 0.15) is 0 Å². The van der Waals surface area contributed by atoms with Crippen LogP contribution in [0.2, 0.25) is 0 Å². The molecule has 1 aromatic rings. The lowest BCUT2D eigenvalue weighted by Gasteiger charge is -2.10. The van der Waals surface area contributed by atoms with Gasteiger partial charge in [0, 0.05) is 6.07 Å². The number of hydrogen-bond donors (Lipinski definition) is 0. The van der Waals surface area contributed by atoms with E-state index in [1.165, 1.54) is 0 Å². The highest BCUT2D eigenvalue weighted by molar-refractivity contribution is 5.64. The second-order valence-corrected chi connectivity index (χ2v) is 3.11. The predicted molar refractivity (Wildman–Crippen MR) is 50.6 cm³/mol. The molecule has 0 bridgehead atoms. The Balaban J connectivity index is 3.56. The summed E-state index contributed by atoms with van der Waals surface area (Å²) in [6.07, 6.45) is -3.64. The highest BCUT2D eigenvalue weighted by Crippen LogP contribution is 2.38. The quantitative estimate of drug-likeness (QED) is 0.348. The van der Waals surface area contributed by atoms with Gasteiger partial charge in [0.2, 0.25) is 6.08 Å². The molecule has 0 atom stereocenters. The Morgan fingerprint density at radius 3 is 2.41 bits per heavy atom. The van der Waals surface area contributed by atoms with Crippen LogP contribution < -0.4 is 0 Å². The standard InChI is InChI=1S/C9H5F3N2O3/c1-5-2-7(13-4-15)8(14(16)17)3-6(5)9(10,11)12/h2-3H,1H3. The predicted octanol–water partition coefficient (Wildman–Crippen LogP) is 2.89. The molecular formula is C9H5F3N2O3. The van der Waals surface area contributed by atoms with E-state index in [1.807, 2.05) is 0 Å². The molecule has 17 heavy (non-hydrogen) atoms. The zero-order valence-electron chi connectivity index (χ0n) is 8.41. The van der Waals surface area contributed by atoms with E-state index in [0.717, 1.165) is 19.1 Å². The van der Waals surface area contributed by atoms with Crippen molar-refractivity contribution in [2.45, 2.75) is 13.1 Å². The van der Waals surface area contributed by atoms with Gasteiger partial charge in [0.05, 0.1) is 10.5 Å². The zero-order valence-corrected chi connectivity index (χ0v) is 8.41. The largest absolute Gasteiger partial charge is 0.416 e. The molecule has 0 aliphatic heterocycles. The number of nitro benzene ring substituents is 1. The number of aryl methyl sites for hydroxylation is 1. The third kappa shape index (κ3) is 2.67. The summed E-state index contributed by atoms with van der Waals surface area (Å²) >= 11 is 0. The average Bonchev–Trinajstić information content (AvgIpc) is 2.15.